The smallest absolute Gasteiger partial charge is 0.410 e. The van der Waals surface area contributed by atoms with Crippen molar-refractivity contribution >= 4 is 30.3 Å². The van der Waals surface area contributed by atoms with E-state index in [1.165, 1.54) is 6.34 Å². The minimum atomic E-state index is -0.942. The molecule has 7 nitrogen and oxygen atoms in total. The minimum Gasteiger partial charge on any atom is -0.444 e. The highest BCUT2D eigenvalue weighted by molar-refractivity contribution is 6.31. The first-order valence-corrected chi connectivity index (χ1v) is 8.32. The van der Waals surface area contributed by atoms with Crippen molar-refractivity contribution < 1.29 is 19.4 Å². The maximum absolute atomic E-state index is 12.1. The van der Waals surface area contributed by atoms with Gasteiger partial charge in [0.2, 0.25) is 0 Å². The van der Waals surface area contributed by atoms with E-state index in [4.69, 9.17) is 16.3 Å². The number of carbonyl (C=O) groups is 2. The summed E-state index contributed by atoms with van der Waals surface area (Å²) in [4.78, 5) is 30.4. The summed E-state index contributed by atoms with van der Waals surface area (Å²) in [7, 11) is 0. The van der Waals surface area contributed by atoms with Crippen LogP contribution in [-0.2, 0) is 9.53 Å². The maximum atomic E-state index is 12.1. The molecule has 0 spiro atoms. The summed E-state index contributed by atoms with van der Waals surface area (Å²) < 4.78 is 5.35. The van der Waals surface area contributed by atoms with E-state index < -0.39 is 11.2 Å². The van der Waals surface area contributed by atoms with Crippen molar-refractivity contribution in [1.82, 2.24) is 9.80 Å². The van der Waals surface area contributed by atoms with Crippen molar-refractivity contribution in [2.24, 2.45) is 4.99 Å². The minimum absolute atomic E-state index is 0.188. The number of likely N-dealkylation sites (tertiary alicyclic amines) is 1. The van der Waals surface area contributed by atoms with Crippen molar-refractivity contribution in [2.45, 2.75) is 44.8 Å². The number of halogens is 1. The molecule has 0 radical (unpaired) electrons. The van der Waals surface area contributed by atoms with Gasteiger partial charge in [0.15, 0.2) is 6.29 Å². The van der Waals surface area contributed by atoms with Gasteiger partial charge in [-0.25, -0.2) is 9.79 Å². The zero-order chi connectivity index (χ0) is 18.0. The number of aliphatic imine (C=N–C) groups is 1. The van der Waals surface area contributed by atoms with Gasteiger partial charge in [-0.05, 0) is 33.6 Å². The number of aldehydes is 1. The predicted octanol–water partition coefficient (Wildman–Crippen LogP) is 1.74. The second-order valence-electron chi connectivity index (χ2n) is 7.28. The Hall–Kier alpha value is -1.60. The number of ether oxygens (including phenoxy) is 1. The van der Waals surface area contributed by atoms with Crippen LogP contribution in [0.25, 0.3) is 0 Å². The van der Waals surface area contributed by atoms with Gasteiger partial charge in [0.1, 0.15) is 10.8 Å². The Bertz CT molecular complexity index is 560. The molecule has 0 atom stereocenters. The first-order chi connectivity index (χ1) is 11.1. The molecule has 134 valence electrons. The number of aliphatic hydroxyl groups is 1. The second-order valence-corrected chi connectivity index (χ2v) is 7.63. The number of rotatable bonds is 3. The molecule has 2 aliphatic rings. The van der Waals surface area contributed by atoms with E-state index in [0.29, 0.717) is 50.9 Å². The van der Waals surface area contributed by atoms with Crippen molar-refractivity contribution in [3.63, 3.8) is 0 Å². The number of carbonyl (C=O) groups excluding carboxylic acids is 2. The monoisotopic (exact) mass is 357 g/mol. The van der Waals surface area contributed by atoms with Crippen LogP contribution in [0, 0.1) is 0 Å². The molecule has 2 heterocycles. The van der Waals surface area contributed by atoms with Gasteiger partial charge in [-0.3, -0.25) is 4.79 Å². The molecule has 0 aliphatic carbocycles. The van der Waals surface area contributed by atoms with Crippen molar-refractivity contribution in [3.05, 3.63) is 10.7 Å². The fourth-order valence-electron chi connectivity index (χ4n) is 2.69. The van der Waals surface area contributed by atoms with Crippen LogP contribution in [0.5, 0.6) is 0 Å². The second kappa shape index (κ2) is 7.11. The standard InChI is InChI=1S/C16H24ClN3O4/c1-15(2,3)24-14(22)20-6-4-16(23,5-7-20)10-19-8-12(9-21)13(17)18-11-19/h9,11,23H,4-8,10H2,1-3H3. The van der Waals surface area contributed by atoms with E-state index in [-0.39, 0.29) is 11.2 Å². The molecule has 1 N–H and O–H groups in total. The van der Waals surface area contributed by atoms with E-state index in [9.17, 15) is 14.7 Å². The van der Waals surface area contributed by atoms with E-state index in [0.717, 1.165) is 0 Å². The zero-order valence-electron chi connectivity index (χ0n) is 14.3. The lowest BCUT2D eigenvalue weighted by molar-refractivity contribution is -0.105. The molecular formula is C16H24ClN3O4. The Morgan fingerprint density at radius 2 is 2.08 bits per heavy atom. The number of hydrogen-bond donors (Lipinski definition) is 1. The molecule has 0 saturated carbocycles. The molecule has 0 bridgehead atoms. The average molecular weight is 358 g/mol. The lowest BCUT2D eigenvalue weighted by Gasteiger charge is -2.41. The van der Waals surface area contributed by atoms with E-state index in [1.54, 1.807) is 9.80 Å². The Kier molecular flexibility index (Phi) is 5.55. The molecule has 0 aromatic carbocycles. The molecule has 1 saturated heterocycles. The number of β-amino-alcohol motifs (C(OH)–C–C–N with tert-alkyl or cyclic N) is 1. The highest BCUT2D eigenvalue weighted by Crippen LogP contribution is 2.26. The van der Waals surface area contributed by atoms with E-state index >= 15 is 0 Å². The lowest BCUT2D eigenvalue weighted by Crippen LogP contribution is -2.53. The van der Waals surface area contributed by atoms with Gasteiger partial charge >= 0.3 is 6.09 Å². The number of amides is 1. The molecule has 2 rings (SSSR count). The number of nitrogens with zero attached hydrogens (tertiary/aromatic N) is 3. The van der Waals surface area contributed by atoms with Crippen LogP contribution in [0.3, 0.4) is 0 Å². The summed E-state index contributed by atoms with van der Waals surface area (Å²) >= 11 is 5.84. The topological polar surface area (TPSA) is 82.4 Å². The average Bonchev–Trinajstić information content (AvgIpc) is 2.48. The Morgan fingerprint density at radius 1 is 1.46 bits per heavy atom. The van der Waals surface area contributed by atoms with Crippen molar-refractivity contribution in [1.29, 1.82) is 0 Å². The molecule has 0 aromatic rings. The number of piperidine rings is 1. The molecule has 0 aromatic heterocycles. The third-order valence-corrected chi connectivity index (χ3v) is 4.30. The molecule has 1 fully saturated rings. The zero-order valence-corrected chi connectivity index (χ0v) is 15.0. The van der Waals surface area contributed by atoms with Gasteiger partial charge in [-0.2, -0.15) is 0 Å². The summed E-state index contributed by atoms with van der Waals surface area (Å²) in [6, 6.07) is 0. The highest BCUT2D eigenvalue weighted by atomic mass is 35.5. The SMILES string of the molecule is CC(C)(C)OC(=O)N1CCC(O)(CN2C=NC(Cl)=C(C=O)C2)CC1. The normalized spacial score (nSPS) is 21.0. The summed E-state index contributed by atoms with van der Waals surface area (Å²) in [5, 5.41) is 10.9. The van der Waals surface area contributed by atoms with Gasteiger partial charge in [0, 0.05) is 25.2 Å². The van der Waals surface area contributed by atoms with Crippen molar-refractivity contribution in [2.75, 3.05) is 26.2 Å². The van der Waals surface area contributed by atoms with Crippen LogP contribution in [-0.4, -0.2) is 71.0 Å². The molecular weight excluding hydrogens is 334 g/mol. The van der Waals surface area contributed by atoms with Crippen molar-refractivity contribution in [3.8, 4) is 0 Å². The summed E-state index contributed by atoms with van der Waals surface area (Å²) in [6.45, 7) is 6.98. The highest BCUT2D eigenvalue weighted by Gasteiger charge is 2.37. The van der Waals surface area contributed by atoms with E-state index in [1.807, 2.05) is 20.8 Å². The van der Waals surface area contributed by atoms with Crippen LogP contribution in [0.2, 0.25) is 0 Å². The van der Waals surface area contributed by atoms with Crippen LogP contribution in [0.15, 0.2) is 15.7 Å². The Balaban J connectivity index is 1.88. The van der Waals surface area contributed by atoms with Gasteiger partial charge in [0.25, 0.3) is 0 Å². The number of hydrogen-bond acceptors (Lipinski definition) is 6. The molecule has 0 unspecified atom stereocenters. The summed E-state index contributed by atoms with van der Waals surface area (Å²) in [5.74, 6) is 0. The Labute approximate surface area is 146 Å². The quantitative estimate of drug-likeness (QED) is 0.614. The molecule has 2 aliphatic heterocycles. The summed E-state index contributed by atoms with van der Waals surface area (Å²) in [5.41, 5.74) is -1.08. The van der Waals surface area contributed by atoms with Gasteiger partial charge in [-0.15, -0.1) is 0 Å². The summed E-state index contributed by atoms with van der Waals surface area (Å²) in [6.07, 6.45) is 2.73. The van der Waals surface area contributed by atoms with Crippen LogP contribution >= 0.6 is 11.6 Å². The largest absolute Gasteiger partial charge is 0.444 e. The van der Waals surface area contributed by atoms with Crippen LogP contribution in [0.1, 0.15) is 33.6 Å². The first kappa shape index (κ1) is 18.7. The van der Waals surface area contributed by atoms with E-state index in [2.05, 4.69) is 4.99 Å². The van der Waals surface area contributed by atoms with Crippen LogP contribution < -0.4 is 0 Å². The van der Waals surface area contributed by atoms with Gasteiger partial charge in [-0.1, -0.05) is 11.6 Å². The van der Waals surface area contributed by atoms with Gasteiger partial charge in [0.05, 0.1) is 18.5 Å². The fourth-order valence-corrected chi connectivity index (χ4v) is 2.84. The van der Waals surface area contributed by atoms with Crippen LogP contribution in [0.4, 0.5) is 4.79 Å². The third-order valence-electron chi connectivity index (χ3n) is 3.96. The third kappa shape index (κ3) is 4.95. The lowest BCUT2D eigenvalue weighted by atomic mass is 9.91. The Morgan fingerprint density at radius 3 is 2.62 bits per heavy atom. The fraction of sp³-hybridized carbons (Fsp3) is 0.688. The van der Waals surface area contributed by atoms with Gasteiger partial charge < -0.3 is 19.6 Å². The maximum Gasteiger partial charge on any atom is 0.410 e. The molecule has 24 heavy (non-hydrogen) atoms. The molecule has 8 heteroatoms. The predicted molar refractivity (Wildman–Crippen MR) is 91.0 cm³/mol. The first-order valence-electron chi connectivity index (χ1n) is 7.94. The molecule has 1 amide bonds.